The van der Waals surface area contributed by atoms with Gasteiger partial charge in [-0.1, -0.05) is 30.3 Å². The van der Waals surface area contributed by atoms with Crippen LogP contribution >= 0.6 is 0 Å². The number of benzene rings is 2. The second kappa shape index (κ2) is 8.99. The molecule has 1 saturated carbocycles. The third kappa shape index (κ3) is 5.28. The largest absolute Gasteiger partial charge is 0.371 e. The summed E-state index contributed by atoms with van der Waals surface area (Å²) in [6.07, 6.45) is 4.14. The maximum Gasteiger partial charge on any atom is 0.319 e. The molecule has 2 aromatic carbocycles. The summed E-state index contributed by atoms with van der Waals surface area (Å²) in [5.41, 5.74) is 2.50. The van der Waals surface area contributed by atoms with Crippen molar-refractivity contribution in [2.75, 3.05) is 29.9 Å². The molecule has 2 aromatic rings. The average Bonchev–Trinajstić information content (AvgIpc) is 3.58. The Labute approximate surface area is 171 Å². The second-order valence-corrected chi connectivity index (χ2v) is 7.90. The maximum absolute atomic E-state index is 12.6. The lowest BCUT2D eigenvalue weighted by Gasteiger charge is -2.34. The fourth-order valence-electron chi connectivity index (χ4n) is 3.73. The minimum Gasteiger partial charge on any atom is -0.371 e. The molecule has 4 rings (SSSR count). The molecule has 0 unspecified atom stereocenters. The van der Waals surface area contributed by atoms with Gasteiger partial charge in [0.15, 0.2) is 0 Å². The zero-order valence-electron chi connectivity index (χ0n) is 16.6. The van der Waals surface area contributed by atoms with E-state index in [0.717, 1.165) is 49.4 Å². The topological polar surface area (TPSA) is 73.5 Å². The van der Waals surface area contributed by atoms with Crippen molar-refractivity contribution in [2.24, 2.45) is 5.92 Å². The molecule has 1 saturated heterocycles. The maximum atomic E-state index is 12.6. The van der Waals surface area contributed by atoms with Crippen molar-refractivity contribution in [3.63, 3.8) is 0 Å². The lowest BCUT2D eigenvalue weighted by molar-refractivity contribution is 0.0952. The Morgan fingerprint density at radius 3 is 2.31 bits per heavy atom. The van der Waals surface area contributed by atoms with Crippen LogP contribution in [-0.2, 0) is 0 Å². The van der Waals surface area contributed by atoms with E-state index in [9.17, 15) is 9.59 Å². The molecule has 1 heterocycles. The Bertz CT molecular complexity index is 843. The van der Waals surface area contributed by atoms with Gasteiger partial charge in [-0.05, 0) is 55.9 Å². The first kappa shape index (κ1) is 19.3. The van der Waals surface area contributed by atoms with Gasteiger partial charge >= 0.3 is 6.03 Å². The molecule has 0 aromatic heterocycles. The van der Waals surface area contributed by atoms with Crippen LogP contribution in [0.5, 0.6) is 0 Å². The van der Waals surface area contributed by atoms with Gasteiger partial charge in [-0.25, -0.2) is 4.79 Å². The van der Waals surface area contributed by atoms with Crippen LogP contribution in [0.4, 0.5) is 16.2 Å². The van der Waals surface area contributed by atoms with E-state index in [1.807, 2.05) is 54.6 Å². The molecule has 0 radical (unpaired) electrons. The van der Waals surface area contributed by atoms with Crippen LogP contribution in [0.3, 0.4) is 0 Å². The first-order valence-electron chi connectivity index (χ1n) is 10.4. The molecule has 3 amide bonds. The third-order valence-electron chi connectivity index (χ3n) is 5.60. The van der Waals surface area contributed by atoms with Gasteiger partial charge in [0.1, 0.15) is 0 Å². The van der Waals surface area contributed by atoms with Crippen molar-refractivity contribution in [1.82, 2.24) is 10.6 Å². The number of hydrogen-bond donors (Lipinski definition) is 3. The van der Waals surface area contributed by atoms with Crippen molar-refractivity contribution in [1.29, 1.82) is 0 Å². The number of anilines is 2. The summed E-state index contributed by atoms with van der Waals surface area (Å²) in [7, 11) is 0. The molecule has 1 aliphatic carbocycles. The number of rotatable bonds is 6. The molecule has 0 spiro atoms. The monoisotopic (exact) mass is 392 g/mol. The summed E-state index contributed by atoms with van der Waals surface area (Å²) in [5, 5.41) is 9.00. The number of para-hydroxylation sites is 2. The highest BCUT2D eigenvalue weighted by molar-refractivity contribution is 5.99. The summed E-state index contributed by atoms with van der Waals surface area (Å²) in [6.45, 7) is 2.39. The highest BCUT2D eigenvalue weighted by Gasteiger charge is 2.25. The van der Waals surface area contributed by atoms with Crippen LogP contribution in [0.15, 0.2) is 54.6 Å². The molecule has 6 nitrogen and oxygen atoms in total. The van der Waals surface area contributed by atoms with Crippen molar-refractivity contribution < 1.29 is 9.59 Å². The highest BCUT2D eigenvalue weighted by Crippen LogP contribution is 2.28. The van der Waals surface area contributed by atoms with Gasteiger partial charge in [0.2, 0.25) is 0 Å². The number of hydrogen-bond acceptors (Lipinski definition) is 3. The number of nitrogens with one attached hydrogen (secondary N) is 3. The van der Waals surface area contributed by atoms with Crippen LogP contribution < -0.4 is 20.9 Å². The van der Waals surface area contributed by atoms with Gasteiger partial charge in [0.25, 0.3) is 5.91 Å². The zero-order chi connectivity index (χ0) is 20.1. The standard InChI is InChI=1S/C23H28N4O2/c28-22(24-16-17-10-11-17)20-8-4-5-9-21(20)27-14-12-19(13-15-27)26-23(29)25-18-6-2-1-3-7-18/h1-9,17,19H,10-16H2,(H,24,28)(H2,25,26,29). The minimum atomic E-state index is -0.172. The van der Waals surface area contributed by atoms with Gasteiger partial charge in [-0.2, -0.15) is 0 Å². The first-order chi connectivity index (χ1) is 14.2. The van der Waals surface area contributed by atoms with Crippen LogP contribution in [0.25, 0.3) is 0 Å². The van der Waals surface area contributed by atoms with Gasteiger partial charge in [0.05, 0.1) is 5.56 Å². The van der Waals surface area contributed by atoms with Gasteiger partial charge < -0.3 is 20.9 Å². The lowest BCUT2D eigenvalue weighted by atomic mass is 10.0. The van der Waals surface area contributed by atoms with E-state index in [1.165, 1.54) is 12.8 Å². The molecular weight excluding hydrogens is 364 g/mol. The van der Waals surface area contributed by atoms with E-state index in [4.69, 9.17) is 0 Å². The molecule has 2 aliphatic rings. The minimum absolute atomic E-state index is 0.00925. The predicted molar refractivity (Wildman–Crippen MR) is 115 cm³/mol. The van der Waals surface area contributed by atoms with Crippen LogP contribution in [0.2, 0.25) is 0 Å². The third-order valence-corrected chi connectivity index (χ3v) is 5.60. The number of urea groups is 1. The molecular formula is C23H28N4O2. The van der Waals surface area contributed by atoms with Gasteiger partial charge in [-0.3, -0.25) is 4.79 Å². The molecule has 3 N–H and O–H groups in total. The fraction of sp³-hybridized carbons (Fsp3) is 0.391. The van der Waals surface area contributed by atoms with E-state index in [-0.39, 0.29) is 18.0 Å². The molecule has 0 bridgehead atoms. The van der Waals surface area contributed by atoms with Crippen molar-refractivity contribution in [3.8, 4) is 0 Å². The summed E-state index contributed by atoms with van der Waals surface area (Å²) >= 11 is 0. The Hall–Kier alpha value is -3.02. The quantitative estimate of drug-likeness (QED) is 0.703. The van der Waals surface area contributed by atoms with Crippen LogP contribution in [0, 0.1) is 5.92 Å². The average molecular weight is 393 g/mol. The highest BCUT2D eigenvalue weighted by atomic mass is 16.2. The van der Waals surface area contributed by atoms with Crippen molar-refractivity contribution in [3.05, 3.63) is 60.2 Å². The Kier molecular flexibility index (Phi) is 5.98. The molecule has 152 valence electrons. The fourth-order valence-corrected chi connectivity index (χ4v) is 3.73. The van der Waals surface area contributed by atoms with E-state index in [2.05, 4.69) is 20.9 Å². The summed E-state index contributed by atoms with van der Waals surface area (Å²) in [5.74, 6) is 0.671. The van der Waals surface area contributed by atoms with E-state index in [0.29, 0.717) is 5.92 Å². The normalized spacial score (nSPS) is 16.9. The number of amides is 3. The molecule has 0 atom stereocenters. The first-order valence-corrected chi connectivity index (χ1v) is 10.4. The SMILES string of the molecule is O=C(Nc1ccccc1)NC1CCN(c2ccccc2C(=O)NCC2CC2)CC1. The number of piperidine rings is 1. The molecule has 6 heteroatoms. The van der Waals surface area contributed by atoms with E-state index >= 15 is 0 Å². The molecule has 29 heavy (non-hydrogen) atoms. The lowest BCUT2D eigenvalue weighted by Crippen LogP contribution is -2.46. The van der Waals surface area contributed by atoms with E-state index in [1.54, 1.807) is 0 Å². The number of carbonyl (C=O) groups excluding carboxylic acids is 2. The van der Waals surface area contributed by atoms with Crippen LogP contribution in [-0.4, -0.2) is 37.6 Å². The van der Waals surface area contributed by atoms with Gasteiger partial charge in [-0.15, -0.1) is 0 Å². The summed E-state index contributed by atoms with van der Waals surface area (Å²) in [6, 6.07) is 17.2. The zero-order valence-corrected chi connectivity index (χ0v) is 16.6. The van der Waals surface area contributed by atoms with Crippen LogP contribution in [0.1, 0.15) is 36.0 Å². The molecule has 2 fully saturated rings. The van der Waals surface area contributed by atoms with E-state index < -0.39 is 0 Å². The summed E-state index contributed by atoms with van der Waals surface area (Å²) < 4.78 is 0. The second-order valence-electron chi connectivity index (χ2n) is 7.90. The molecule has 1 aliphatic heterocycles. The predicted octanol–water partition coefficient (Wildman–Crippen LogP) is 3.62. The Balaban J connectivity index is 1.30. The summed E-state index contributed by atoms with van der Waals surface area (Å²) in [4.78, 5) is 27.1. The van der Waals surface area contributed by atoms with Crippen molar-refractivity contribution in [2.45, 2.75) is 31.7 Å². The van der Waals surface area contributed by atoms with Crippen molar-refractivity contribution >= 4 is 23.3 Å². The Morgan fingerprint density at radius 2 is 1.59 bits per heavy atom. The van der Waals surface area contributed by atoms with Gasteiger partial charge in [0, 0.05) is 37.1 Å². The Morgan fingerprint density at radius 1 is 0.897 bits per heavy atom. The number of carbonyl (C=O) groups is 2. The number of nitrogens with zero attached hydrogens (tertiary/aromatic N) is 1. The smallest absolute Gasteiger partial charge is 0.319 e.